The molecule has 0 saturated carbocycles. The molecule has 1 aliphatic carbocycles. The molecule has 1 aliphatic heterocycles. The Hall–Kier alpha value is -3.06. The number of hydrogen-bond acceptors (Lipinski definition) is 3. The summed E-state index contributed by atoms with van der Waals surface area (Å²) in [5.74, 6) is 0.0507. The molecular weight excluding hydrogens is 380 g/mol. The van der Waals surface area contributed by atoms with E-state index in [0.29, 0.717) is 36.8 Å². The van der Waals surface area contributed by atoms with Crippen molar-refractivity contribution in [3.63, 3.8) is 0 Å². The Morgan fingerprint density at radius 3 is 2.63 bits per heavy atom. The van der Waals surface area contributed by atoms with E-state index in [1.165, 1.54) is 10.5 Å². The second-order valence-electron chi connectivity index (χ2n) is 8.27. The predicted molar refractivity (Wildman–Crippen MR) is 119 cm³/mol. The number of urea groups is 2. The zero-order valence-electron chi connectivity index (χ0n) is 17.9. The second-order valence-corrected chi connectivity index (χ2v) is 8.27. The van der Waals surface area contributed by atoms with E-state index in [0.717, 1.165) is 0 Å². The smallest absolute Gasteiger partial charge is 0.349 e. The van der Waals surface area contributed by atoms with E-state index in [1.807, 2.05) is 42.5 Å². The minimum atomic E-state index is -0.526. The number of anilines is 1. The maximum Gasteiger partial charge on any atom is 0.349 e. The van der Waals surface area contributed by atoms with Crippen molar-refractivity contribution >= 4 is 29.3 Å². The summed E-state index contributed by atoms with van der Waals surface area (Å²) in [6.45, 7) is 7.28. The average molecular weight is 409 g/mol. The predicted octanol–water partition coefficient (Wildman–Crippen LogP) is 4.57. The first-order valence-corrected chi connectivity index (χ1v) is 10.0. The van der Waals surface area contributed by atoms with Gasteiger partial charge in [-0.3, -0.25) is 4.90 Å². The van der Waals surface area contributed by atoms with Crippen molar-refractivity contribution in [2.45, 2.75) is 32.6 Å². The van der Waals surface area contributed by atoms with E-state index in [-0.39, 0.29) is 11.3 Å². The van der Waals surface area contributed by atoms with Crippen LogP contribution in [0.2, 0.25) is 0 Å². The van der Waals surface area contributed by atoms with Crippen LogP contribution < -0.4 is 5.32 Å². The van der Waals surface area contributed by atoms with E-state index in [9.17, 15) is 9.59 Å². The lowest BCUT2D eigenvalue weighted by Crippen LogP contribution is -2.47. The number of fused-ring (bicyclic) bond motifs is 1. The largest absolute Gasteiger partial charge is 0.385 e. The number of ether oxygens (including phenoxy) is 1. The normalized spacial score (nSPS) is 19.7. The lowest BCUT2D eigenvalue weighted by molar-refractivity contribution is 0.184. The molecule has 30 heavy (non-hydrogen) atoms. The van der Waals surface area contributed by atoms with Gasteiger partial charge in [0.1, 0.15) is 5.84 Å². The molecule has 0 radical (unpaired) electrons. The monoisotopic (exact) mass is 408 g/mol. The number of amidine groups is 1. The van der Waals surface area contributed by atoms with E-state index < -0.39 is 12.1 Å². The molecule has 2 aliphatic rings. The molecule has 7 heteroatoms. The Labute approximate surface area is 177 Å². The highest BCUT2D eigenvalue weighted by Gasteiger charge is 2.34. The molecule has 1 atom stereocenters. The van der Waals surface area contributed by atoms with Gasteiger partial charge in [0.05, 0.1) is 11.6 Å². The topological polar surface area (TPSA) is 83.4 Å². The molecule has 0 aromatic heterocycles. The molecule has 1 aromatic carbocycles. The van der Waals surface area contributed by atoms with Crippen LogP contribution >= 0.6 is 0 Å². The van der Waals surface area contributed by atoms with Crippen LogP contribution in [0, 0.1) is 5.92 Å². The minimum Gasteiger partial charge on any atom is -0.385 e. The molecule has 1 heterocycles. The van der Waals surface area contributed by atoms with E-state index in [1.54, 1.807) is 13.2 Å². The number of amides is 4. The highest BCUT2D eigenvalue weighted by molar-refractivity contribution is 6.24. The van der Waals surface area contributed by atoms with Crippen LogP contribution in [-0.2, 0) is 10.2 Å². The van der Waals surface area contributed by atoms with Gasteiger partial charge >= 0.3 is 12.1 Å². The summed E-state index contributed by atoms with van der Waals surface area (Å²) in [5.41, 5.74) is 2.45. The van der Waals surface area contributed by atoms with Crippen molar-refractivity contribution in [1.82, 2.24) is 4.90 Å². The fraction of sp³-hybridized carbons (Fsp3) is 0.391. The summed E-state index contributed by atoms with van der Waals surface area (Å²) in [7, 11) is 1.61. The Morgan fingerprint density at radius 2 is 1.97 bits per heavy atom. The lowest BCUT2D eigenvalue weighted by atomic mass is 9.87. The quantitative estimate of drug-likeness (QED) is 0.725. The molecule has 158 valence electrons. The van der Waals surface area contributed by atoms with Crippen LogP contribution in [-0.4, -0.2) is 48.8 Å². The summed E-state index contributed by atoms with van der Waals surface area (Å²) in [4.78, 5) is 35.1. The molecule has 1 N–H and O–H groups in total. The third kappa shape index (κ3) is 5.10. The molecule has 1 aromatic rings. The van der Waals surface area contributed by atoms with Crippen molar-refractivity contribution in [3.8, 4) is 0 Å². The summed E-state index contributed by atoms with van der Waals surface area (Å²) in [5, 5.41) is 2.79. The first-order valence-electron chi connectivity index (χ1n) is 10.0. The molecule has 0 fully saturated rings. The van der Waals surface area contributed by atoms with Gasteiger partial charge in [-0.05, 0) is 35.6 Å². The number of aliphatic imine (C=N–C) groups is 2. The van der Waals surface area contributed by atoms with Gasteiger partial charge in [0, 0.05) is 25.9 Å². The number of methoxy groups -OCH3 is 1. The molecule has 0 spiro atoms. The maximum atomic E-state index is 12.7. The fourth-order valence-corrected chi connectivity index (χ4v) is 3.31. The van der Waals surface area contributed by atoms with Gasteiger partial charge in [-0.1, -0.05) is 51.1 Å². The molecule has 1 unspecified atom stereocenters. The van der Waals surface area contributed by atoms with Gasteiger partial charge < -0.3 is 10.1 Å². The van der Waals surface area contributed by atoms with Crippen molar-refractivity contribution in [2.24, 2.45) is 15.9 Å². The van der Waals surface area contributed by atoms with Crippen LogP contribution in [0.15, 0.2) is 58.6 Å². The SMILES string of the molecule is COCCCN1C(=O)N=C2C=CC=CC2/C1=N/C(=O)Nc1ccc(C(C)(C)C)cc1. The first kappa shape index (κ1) is 21.6. The average Bonchev–Trinajstić information content (AvgIpc) is 2.69. The van der Waals surface area contributed by atoms with Crippen molar-refractivity contribution in [3.05, 3.63) is 54.1 Å². The molecular formula is C23H28N4O3. The van der Waals surface area contributed by atoms with Crippen molar-refractivity contribution in [1.29, 1.82) is 0 Å². The standard InChI is InChI=1S/C23H28N4O3/c1-23(2,3)16-10-12-17(13-11-16)24-21(28)26-20-18-8-5-6-9-19(18)25-22(29)27(20)14-7-15-30-4/h5-6,8-13,18H,7,14-15H2,1-4H3,(H,24,28)/b26-20-. The van der Waals surface area contributed by atoms with Crippen molar-refractivity contribution < 1.29 is 14.3 Å². The van der Waals surface area contributed by atoms with E-state index >= 15 is 0 Å². The number of carbonyl (C=O) groups is 2. The number of carbonyl (C=O) groups excluding carboxylic acids is 2. The van der Waals surface area contributed by atoms with Gasteiger partial charge in [0.2, 0.25) is 0 Å². The van der Waals surface area contributed by atoms with Crippen LogP contribution in [0.3, 0.4) is 0 Å². The Kier molecular flexibility index (Phi) is 6.62. The number of nitrogens with one attached hydrogen (secondary N) is 1. The molecule has 4 amide bonds. The number of nitrogens with zero attached hydrogens (tertiary/aromatic N) is 3. The van der Waals surface area contributed by atoms with Gasteiger partial charge in [0.25, 0.3) is 0 Å². The number of hydrogen-bond donors (Lipinski definition) is 1. The van der Waals surface area contributed by atoms with Gasteiger partial charge in [-0.2, -0.15) is 9.98 Å². The van der Waals surface area contributed by atoms with Crippen LogP contribution in [0.1, 0.15) is 32.8 Å². The lowest BCUT2D eigenvalue weighted by Gasteiger charge is -2.31. The third-order valence-electron chi connectivity index (χ3n) is 4.96. The van der Waals surface area contributed by atoms with Crippen LogP contribution in [0.4, 0.5) is 15.3 Å². The first-order chi connectivity index (χ1) is 14.3. The molecule has 0 saturated heterocycles. The Bertz CT molecular complexity index is 921. The van der Waals surface area contributed by atoms with Gasteiger partial charge in [0.15, 0.2) is 0 Å². The number of allylic oxidation sites excluding steroid dienone is 3. The minimum absolute atomic E-state index is 0.0322. The van der Waals surface area contributed by atoms with Gasteiger partial charge in [-0.15, -0.1) is 0 Å². The maximum absolute atomic E-state index is 12.7. The molecule has 0 bridgehead atoms. The second kappa shape index (κ2) is 9.17. The van der Waals surface area contributed by atoms with E-state index in [2.05, 4.69) is 36.1 Å². The summed E-state index contributed by atoms with van der Waals surface area (Å²) < 4.78 is 5.09. The van der Waals surface area contributed by atoms with E-state index in [4.69, 9.17) is 4.74 Å². The highest BCUT2D eigenvalue weighted by Crippen LogP contribution is 2.24. The summed E-state index contributed by atoms with van der Waals surface area (Å²) in [6, 6.07) is 6.75. The highest BCUT2D eigenvalue weighted by atomic mass is 16.5. The van der Waals surface area contributed by atoms with Crippen LogP contribution in [0.5, 0.6) is 0 Å². The molecule has 3 rings (SSSR count). The zero-order valence-corrected chi connectivity index (χ0v) is 17.9. The number of benzene rings is 1. The van der Waals surface area contributed by atoms with Gasteiger partial charge in [-0.25, -0.2) is 9.59 Å². The zero-order chi connectivity index (χ0) is 21.7. The third-order valence-corrected chi connectivity index (χ3v) is 4.96. The molecule has 7 nitrogen and oxygen atoms in total. The summed E-state index contributed by atoms with van der Waals surface area (Å²) in [6.07, 6.45) is 7.96. The summed E-state index contributed by atoms with van der Waals surface area (Å²) >= 11 is 0. The fourth-order valence-electron chi connectivity index (χ4n) is 3.31. The van der Waals surface area contributed by atoms with Crippen molar-refractivity contribution in [2.75, 3.05) is 25.6 Å². The van der Waals surface area contributed by atoms with Crippen LogP contribution in [0.25, 0.3) is 0 Å². The number of rotatable bonds is 5. The Morgan fingerprint density at radius 1 is 1.23 bits per heavy atom. The Balaban J connectivity index is 1.82.